The van der Waals surface area contributed by atoms with Gasteiger partial charge in [0.05, 0.1) is 0 Å². The van der Waals surface area contributed by atoms with Gasteiger partial charge >= 0.3 is 17.9 Å². The van der Waals surface area contributed by atoms with Gasteiger partial charge in [-0.25, -0.2) is 0 Å². The minimum absolute atomic E-state index is 0.119. The molecule has 0 N–H and O–H groups in total. The van der Waals surface area contributed by atoms with Crippen LogP contribution in [0, 0.1) is 0 Å². The van der Waals surface area contributed by atoms with E-state index in [0.717, 1.165) is 141 Å². The van der Waals surface area contributed by atoms with Crippen LogP contribution in [-0.2, 0) is 28.6 Å². The molecule has 0 aliphatic carbocycles. The number of unbranched alkanes of at least 4 members (excludes halogenated alkanes) is 20. The first-order valence-electron chi connectivity index (χ1n) is 33.6. The lowest BCUT2D eigenvalue weighted by Crippen LogP contribution is -2.30. The Kier molecular flexibility index (Phi) is 64.9. The van der Waals surface area contributed by atoms with Crippen molar-refractivity contribution in [3.05, 3.63) is 170 Å². The molecule has 0 amide bonds. The average Bonchev–Trinajstić information content (AvgIpc) is 3.49. The van der Waals surface area contributed by atoms with Gasteiger partial charge in [-0.15, -0.1) is 0 Å². The lowest BCUT2D eigenvalue weighted by Gasteiger charge is -2.18. The van der Waals surface area contributed by atoms with Crippen molar-refractivity contribution in [1.29, 1.82) is 0 Å². The summed E-state index contributed by atoms with van der Waals surface area (Å²) in [4.78, 5) is 38.4. The first-order valence-corrected chi connectivity index (χ1v) is 33.6. The van der Waals surface area contributed by atoms with E-state index in [1.165, 1.54) is 89.9 Å². The van der Waals surface area contributed by atoms with Crippen molar-refractivity contribution in [3.63, 3.8) is 0 Å². The lowest BCUT2D eigenvalue weighted by molar-refractivity contribution is -0.167. The largest absolute Gasteiger partial charge is 0.462 e. The van der Waals surface area contributed by atoms with Crippen LogP contribution in [0.25, 0.3) is 0 Å². The highest BCUT2D eigenvalue weighted by atomic mass is 16.6. The SMILES string of the molecule is CC/C=C\C/C=C\C/C=C\C/C=C\C/C=C\C/C=C\C/C=C\CCCC(=O)OC(COC(=O)CCCCCC/C=C\C/C=C\C/C=C\C/C=C\CC)COC(=O)CCCCCCCCCCCC/C=C\C/C=C\C/C=C\CCCCCCC. The number of allylic oxidation sites excluding steroid dienone is 28. The van der Waals surface area contributed by atoms with Crippen molar-refractivity contribution in [2.75, 3.05) is 13.2 Å². The van der Waals surface area contributed by atoms with Gasteiger partial charge in [0.25, 0.3) is 0 Å². The summed E-state index contributed by atoms with van der Waals surface area (Å²) in [5.41, 5.74) is 0. The third kappa shape index (κ3) is 67.4. The van der Waals surface area contributed by atoms with Crippen LogP contribution in [-0.4, -0.2) is 37.2 Å². The van der Waals surface area contributed by atoms with Gasteiger partial charge in [-0.3, -0.25) is 14.4 Å². The molecule has 0 aromatic heterocycles. The predicted molar refractivity (Wildman–Crippen MR) is 361 cm³/mol. The number of carbonyl (C=O) groups excluding carboxylic acids is 3. The summed E-state index contributed by atoms with van der Waals surface area (Å²) >= 11 is 0. The number of hydrogen-bond acceptors (Lipinski definition) is 6. The molecule has 0 aromatic carbocycles. The van der Waals surface area contributed by atoms with Gasteiger partial charge in [0.1, 0.15) is 13.2 Å². The van der Waals surface area contributed by atoms with Crippen molar-refractivity contribution in [2.24, 2.45) is 0 Å². The Morgan fingerprint density at radius 1 is 0.253 bits per heavy atom. The molecule has 0 aliphatic rings. The van der Waals surface area contributed by atoms with Crippen LogP contribution in [0.5, 0.6) is 0 Å². The molecule has 0 aromatic rings. The first kappa shape index (κ1) is 77.8. The molecule has 83 heavy (non-hydrogen) atoms. The summed E-state index contributed by atoms with van der Waals surface area (Å²) in [5, 5.41) is 0. The Morgan fingerprint density at radius 3 is 0.771 bits per heavy atom. The molecule has 1 unspecified atom stereocenters. The van der Waals surface area contributed by atoms with Gasteiger partial charge in [-0.1, -0.05) is 281 Å². The lowest BCUT2D eigenvalue weighted by atomic mass is 10.1. The quantitative estimate of drug-likeness (QED) is 0.0261. The van der Waals surface area contributed by atoms with Crippen LogP contribution in [0.4, 0.5) is 0 Å². The van der Waals surface area contributed by atoms with E-state index in [-0.39, 0.29) is 37.5 Å². The maximum atomic E-state index is 12.9. The highest BCUT2D eigenvalue weighted by molar-refractivity contribution is 5.71. The van der Waals surface area contributed by atoms with E-state index in [2.05, 4.69) is 191 Å². The average molecular weight is 1140 g/mol. The van der Waals surface area contributed by atoms with Crippen LogP contribution in [0.15, 0.2) is 170 Å². The van der Waals surface area contributed by atoms with Gasteiger partial charge in [0.15, 0.2) is 6.10 Å². The third-order valence-corrected chi connectivity index (χ3v) is 13.7. The van der Waals surface area contributed by atoms with Crippen LogP contribution in [0.3, 0.4) is 0 Å². The molecule has 6 heteroatoms. The number of rotatable bonds is 59. The van der Waals surface area contributed by atoms with E-state index in [1.807, 2.05) is 0 Å². The first-order chi connectivity index (χ1) is 41.0. The Morgan fingerprint density at radius 2 is 0.482 bits per heavy atom. The molecule has 466 valence electrons. The highest BCUT2D eigenvalue weighted by Gasteiger charge is 2.19. The van der Waals surface area contributed by atoms with E-state index < -0.39 is 6.10 Å². The molecule has 0 aliphatic heterocycles. The number of esters is 3. The van der Waals surface area contributed by atoms with Crippen LogP contribution < -0.4 is 0 Å². The van der Waals surface area contributed by atoms with E-state index >= 15 is 0 Å². The van der Waals surface area contributed by atoms with E-state index in [1.54, 1.807) is 0 Å². The number of hydrogen-bond donors (Lipinski definition) is 0. The molecule has 0 bridgehead atoms. The smallest absolute Gasteiger partial charge is 0.306 e. The zero-order valence-electron chi connectivity index (χ0n) is 53.4. The van der Waals surface area contributed by atoms with Crippen molar-refractivity contribution in [1.82, 2.24) is 0 Å². The summed E-state index contributed by atoms with van der Waals surface area (Å²) in [5.74, 6) is -1.01. The fourth-order valence-electron chi connectivity index (χ4n) is 8.72. The molecule has 0 radical (unpaired) electrons. The van der Waals surface area contributed by atoms with E-state index in [0.29, 0.717) is 19.3 Å². The van der Waals surface area contributed by atoms with Crippen molar-refractivity contribution in [2.45, 2.75) is 284 Å². The molecule has 6 nitrogen and oxygen atoms in total. The van der Waals surface area contributed by atoms with Crippen LogP contribution in [0.1, 0.15) is 278 Å². The molecule has 0 spiro atoms. The molecule has 0 saturated carbocycles. The van der Waals surface area contributed by atoms with Gasteiger partial charge in [0.2, 0.25) is 0 Å². The molecular weight excluding hydrogens is 1020 g/mol. The summed E-state index contributed by atoms with van der Waals surface area (Å²) in [6.45, 7) is 6.33. The topological polar surface area (TPSA) is 78.9 Å². The Bertz CT molecular complexity index is 1890. The Balaban J connectivity index is 4.53. The van der Waals surface area contributed by atoms with Gasteiger partial charge in [-0.2, -0.15) is 0 Å². The minimum atomic E-state index is -0.832. The minimum Gasteiger partial charge on any atom is -0.462 e. The summed E-state index contributed by atoms with van der Waals surface area (Å²) in [6.07, 6.45) is 102. The summed E-state index contributed by atoms with van der Waals surface area (Å²) in [6, 6.07) is 0. The predicted octanol–water partition coefficient (Wildman–Crippen LogP) is 23.4. The molecule has 0 fully saturated rings. The number of ether oxygens (including phenoxy) is 3. The van der Waals surface area contributed by atoms with Crippen molar-refractivity contribution >= 4 is 17.9 Å². The third-order valence-electron chi connectivity index (χ3n) is 13.7. The second kappa shape index (κ2) is 69.3. The Labute approximate surface area is 511 Å². The highest BCUT2D eigenvalue weighted by Crippen LogP contribution is 2.14. The fraction of sp³-hybridized carbons (Fsp3) is 0.597. The Hall–Kier alpha value is -5.23. The fourth-order valence-corrected chi connectivity index (χ4v) is 8.72. The molecule has 0 heterocycles. The zero-order chi connectivity index (χ0) is 59.9. The molecule has 0 saturated heterocycles. The van der Waals surface area contributed by atoms with Crippen molar-refractivity contribution in [3.8, 4) is 0 Å². The second-order valence-corrected chi connectivity index (χ2v) is 21.6. The molecule has 0 rings (SSSR count). The van der Waals surface area contributed by atoms with Gasteiger partial charge < -0.3 is 14.2 Å². The van der Waals surface area contributed by atoms with Gasteiger partial charge in [-0.05, 0) is 148 Å². The standard InChI is InChI=1S/C77H122O6/c1-4-7-10-13-16-19-22-25-28-31-33-35-37-38-40-41-43-46-49-52-55-58-61-64-67-70-76(79)82-73-74(72-81-75(78)69-66-63-60-57-54-51-48-45-30-27-24-21-18-15-12-9-6-3)83-77(80)71-68-65-62-59-56-53-50-47-44-42-39-36-34-32-29-26-23-20-17-14-11-8-5-2/h8-9,11-12,17-18,20-22,25-27,29-31,33-34,36-38,42,44,48,50-51,53,59,62,74H,4-7,10,13-16,19,23-24,28,32,35,39-41,43,45-47,49,52,54-58,60-61,63-73H2,1-3H3/b11-8-,12-9-,20-17-,21-18-,25-22-,29-26-,30-27-,33-31-,36-34-,38-37-,44-42-,51-48-,53-50-,62-59-. The zero-order valence-corrected chi connectivity index (χ0v) is 53.4. The normalized spacial score (nSPS) is 13.2. The maximum Gasteiger partial charge on any atom is 0.306 e. The maximum absolute atomic E-state index is 12.9. The summed E-state index contributed by atoms with van der Waals surface area (Å²) < 4.78 is 16.9. The van der Waals surface area contributed by atoms with Crippen LogP contribution >= 0.6 is 0 Å². The van der Waals surface area contributed by atoms with E-state index in [4.69, 9.17) is 14.2 Å². The van der Waals surface area contributed by atoms with E-state index in [9.17, 15) is 14.4 Å². The monoisotopic (exact) mass is 1140 g/mol. The van der Waals surface area contributed by atoms with Crippen LogP contribution in [0.2, 0.25) is 0 Å². The van der Waals surface area contributed by atoms with Gasteiger partial charge in [0, 0.05) is 19.3 Å². The molecular formula is C77H122O6. The number of carbonyl (C=O) groups is 3. The second-order valence-electron chi connectivity index (χ2n) is 21.6. The summed E-state index contributed by atoms with van der Waals surface area (Å²) in [7, 11) is 0. The van der Waals surface area contributed by atoms with Crippen molar-refractivity contribution < 1.29 is 28.6 Å². The molecule has 1 atom stereocenters.